The summed E-state index contributed by atoms with van der Waals surface area (Å²) in [4.78, 5) is 13.3. The summed E-state index contributed by atoms with van der Waals surface area (Å²) in [6, 6.07) is 29.7. The Bertz CT molecular complexity index is 1780. The molecule has 0 spiro atoms. The summed E-state index contributed by atoms with van der Waals surface area (Å²) in [5.74, 6) is 0.668. The lowest BCUT2D eigenvalue weighted by Crippen LogP contribution is -1.97. The van der Waals surface area contributed by atoms with Crippen molar-refractivity contribution in [3.8, 4) is 22.8 Å². The molecule has 4 heterocycles. The fourth-order valence-electron chi connectivity index (χ4n) is 4.77. The average molecular weight is 438 g/mol. The van der Waals surface area contributed by atoms with Gasteiger partial charge in [0.05, 0.1) is 34.6 Å². The number of benzene rings is 3. The third-order valence-electron chi connectivity index (χ3n) is 6.33. The van der Waals surface area contributed by atoms with Crippen LogP contribution in [0.2, 0.25) is 0 Å². The van der Waals surface area contributed by atoms with E-state index in [1.54, 1.807) is 12.4 Å². The maximum Gasteiger partial charge on any atom is 0.160 e. The molecule has 7 aromatic rings. The summed E-state index contributed by atoms with van der Waals surface area (Å²) >= 11 is 0. The van der Waals surface area contributed by atoms with Gasteiger partial charge in [-0.2, -0.15) is 0 Å². The van der Waals surface area contributed by atoms with Crippen molar-refractivity contribution in [2.45, 2.75) is 0 Å². The second-order valence-electron chi connectivity index (χ2n) is 8.31. The zero-order chi connectivity index (χ0) is 22.5. The smallest absolute Gasteiger partial charge is 0.160 e. The second kappa shape index (κ2) is 7.39. The molecular formula is C29H19N5. The van der Waals surface area contributed by atoms with Crippen LogP contribution in [0.5, 0.6) is 0 Å². The minimum atomic E-state index is 0.668. The summed E-state index contributed by atoms with van der Waals surface area (Å²) < 4.78 is 4.49. The number of fused-ring (bicyclic) bond motifs is 4. The van der Waals surface area contributed by atoms with E-state index in [1.807, 2.05) is 24.5 Å². The summed E-state index contributed by atoms with van der Waals surface area (Å²) in [7, 11) is 0. The molecule has 0 fully saturated rings. The van der Waals surface area contributed by atoms with Gasteiger partial charge in [-0.05, 0) is 48.5 Å². The van der Waals surface area contributed by atoms with Gasteiger partial charge >= 0.3 is 0 Å². The Morgan fingerprint density at radius 3 is 2.24 bits per heavy atom. The number of hydrogen-bond acceptors (Lipinski definition) is 3. The van der Waals surface area contributed by atoms with Crippen LogP contribution in [0.15, 0.2) is 116 Å². The maximum atomic E-state index is 4.59. The zero-order valence-corrected chi connectivity index (χ0v) is 18.2. The van der Waals surface area contributed by atoms with Gasteiger partial charge in [0, 0.05) is 46.0 Å². The van der Waals surface area contributed by atoms with Gasteiger partial charge in [-0.3, -0.25) is 4.98 Å². The van der Waals surface area contributed by atoms with Gasteiger partial charge in [0.2, 0.25) is 0 Å². The molecule has 0 saturated carbocycles. The lowest BCUT2D eigenvalue weighted by atomic mass is 10.1. The third-order valence-corrected chi connectivity index (χ3v) is 6.33. The quantitative estimate of drug-likeness (QED) is 0.314. The molecule has 0 amide bonds. The Kier molecular flexibility index (Phi) is 4.08. The van der Waals surface area contributed by atoms with Gasteiger partial charge in [0.25, 0.3) is 0 Å². The highest BCUT2D eigenvalue weighted by atomic mass is 15.0. The Balaban J connectivity index is 1.43. The fraction of sp³-hybridized carbons (Fsp3) is 0. The van der Waals surface area contributed by atoms with E-state index in [9.17, 15) is 0 Å². The lowest BCUT2D eigenvalue weighted by molar-refractivity contribution is 1.05. The minimum absolute atomic E-state index is 0.668. The first-order valence-electron chi connectivity index (χ1n) is 11.2. The molecule has 0 N–H and O–H groups in total. The summed E-state index contributed by atoms with van der Waals surface area (Å²) in [5, 5.41) is 3.63. The first-order chi connectivity index (χ1) is 16.9. The van der Waals surface area contributed by atoms with Crippen LogP contribution in [0.3, 0.4) is 0 Å². The summed E-state index contributed by atoms with van der Waals surface area (Å²) in [6.07, 6.45) is 9.35. The molecule has 4 aromatic heterocycles. The third kappa shape index (κ3) is 2.84. The molecule has 7 rings (SSSR count). The molecule has 0 saturated heterocycles. The van der Waals surface area contributed by atoms with Crippen molar-refractivity contribution in [2.75, 3.05) is 0 Å². The standard InChI is InChI=1S/C29H19N5/c1-2-8-22(9-3-1)34-26-11-5-4-10-24(26)25-16-27-20(15-28(25)34)12-14-33(27)23-18-31-29(32-19-23)21-7-6-13-30-17-21/h1-19H. The van der Waals surface area contributed by atoms with Crippen molar-refractivity contribution in [1.82, 2.24) is 24.1 Å². The van der Waals surface area contributed by atoms with E-state index in [4.69, 9.17) is 0 Å². The van der Waals surface area contributed by atoms with E-state index < -0.39 is 0 Å². The average Bonchev–Trinajstić information content (AvgIpc) is 3.47. The number of hydrogen-bond donors (Lipinski definition) is 0. The normalized spacial score (nSPS) is 11.5. The molecule has 34 heavy (non-hydrogen) atoms. The van der Waals surface area contributed by atoms with Crippen molar-refractivity contribution < 1.29 is 0 Å². The van der Waals surface area contributed by atoms with Crippen molar-refractivity contribution in [3.05, 3.63) is 116 Å². The van der Waals surface area contributed by atoms with Gasteiger partial charge < -0.3 is 9.13 Å². The van der Waals surface area contributed by atoms with Crippen molar-refractivity contribution >= 4 is 32.7 Å². The molecule has 0 bridgehead atoms. The topological polar surface area (TPSA) is 48.5 Å². The van der Waals surface area contributed by atoms with Crippen LogP contribution in [0.1, 0.15) is 0 Å². The molecular weight excluding hydrogens is 418 g/mol. The Hall–Kier alpha value is -4.77. The molecule has 0 aliphatic rings. The van der Waals surface area contributed by atoms with Crippen LogP contribution in [0, 0.1) is 0 Å². The van der Waals surface area contributed by atoms with E-state index >= 15 is 0 Å². The molecule has 5 heteroatoms. The molecule has 0 radical (unpaired) electrons. The SMILES string of the molecule is c1ccc(-n2c3ccccc3c3cc4c(ccn4-c4cnc(-c5cccnc5)nc4)cc32)cc1. The van der Waals surface area contributed by atoms with Crippen LogP contribution in [-0.2, 0) is 0 Å². The highest BCUT2D eigenvalue weighted by Gasteiger charge is 2.15. The number of nitrogens with zero attached hydrogens (tertiary/aromatic N) is 5. The largest absolute Gasteiger partial charge is 0.314 e. The van der Waals surface area contributed by atoms with E-state index in [2.05, 4.69) is 103 Å². The first kappa shape index (κ1) is 18.8. The number of pyridine rings is 1. The number of aromatic nitrogens is 5. The highest BCUT2D eigenvalue weighted by Crippen LogP contribution is 2.35. The van der Waals surface area contributed by atoms with Gasteiger partial charge in [0.15, 0.2) is 5.82 Å². The second-order valence-corrected chi connectivity index (χ2v) is 8.31. The van der Waals surface area contributed by atoms with Crippen molar-refractivity contribution in [2.24, 2.45) is 0 Å². The van der Waals surface area contributed by atoms with E-state index in [1.165, 1.54) is 27.2 Å². The predicted octanol–water partition coefficient (Wildman–Crippen LogP) is 6.58. The van der Waals surface area contributed by atoms with Crippen molar-refractivity contribution in [1.29, 1.82) is 0 Å². The molecule has 5 nitrogen and oxygen atoms in total. The number of para-hydroxylation sites is 2. The molecule has 160 valence electrons. The lowest BCUT2D eigenvalue weighted by Gasteiger charge is -2.08. The van der Waals surface area contributed by atoms with Crippen LogP contribution in [0.4, 0.5) is 0 Å². The zero-order valence-electron chi connectivity index (χ0n) is 18.2. The van der Waals surface area contributed by atoms with Gasteiger partial charge in [0.1, 0.15) is 0 Å². The molecule has 0 unspecified atom stereocenters. The first-order valence-corrected chi connectivity index (χ1v) is 11.2. The van der Waals surface area contributed by atoms with Crippen LogP contribution in [0.25, 0.3) is 55.5 Å². The Morgan fingerprint density at radius 2 is 1.41 bits per heavy atom. The van der Waals surface area contributed by atoms with Crippen LogP contribution in [-0.4, -0.2) is 24.1 Å². The van der Waals surface area contributed by atoms with Crippen LogP contribution >= 0.6 is 0 Å². The maximum absolute atomic E-state index is 4.59. The van der Waals surface area contributed by atoms with Gasteiger partial charge in [-0.1, -0.05) is 36.4 Å². The Morgan fingerprint density at radius 1 is 0.588 bits per heavy atom. The monoisotopic (exact) mass is 437 g/mol. The summed E-state index contributed by atoms with van der Waals surface area (Å²) in [6.45, 7) is 0. The van der Waals surface area contributed by atoms with E-state index in [-0.39, 0.29) is 0 Å². The van der Waals surface area contributed by atoms with Crippen molar-refractivity contribution in [3.63, 3.8) is 0 Å². The molecule has 3 aromatic carbocycles. The summed E-state index contributed by atoms with van der Waals surface area (Å²) in [5.41, 5.74) is 6.51. The molecule has 0 atom stereocenters. The predicted molar refractivity (Wildman–Crippen MR) is 136 cm³/mol. The highest BCUT2D eigenvalue weighted by molar-refractivity contribution is 6.13. The fourth-order valence-corrected chi connectivity index (χ4v) is 4.77. The van der Waals surface area contributed by atoms with Gasteiger partial charge in [-0.15, -0.1) is 0 Å². The molecule has 0 aliphatic carbocycles. The Labute approximate surface area is 195 Å². The van der Waals surface area contributed by atoms with Gasteiger partial charge in [-0.25, -0.2) is 9.97 Å². The van der Waals surface area contributed by atoms with E-state index in [0.29, 0.717) is 5.82 Å². The molecule has 0 aliphatic heterocycles. The number of rotatable bonds is 3. The minimum Gasteiger partial charge on any atom is -0.314 e. The van der Waals surface area contributed by atoms with E-state index in [0.717, 1.165) is 22.5 Å². The van der Waals surface area contributed by atoms with Crippen LogP contribution < -0.4 is 0 Å².